The first-order valence-corrected chi connectivity index (χ1v) is 9.28. The molecule has 2 rings (SSSR count). The molecule has 1 aromatic rings. The van der Waals surface area contributed by atoms with Crippen LogP contribution in [0, 0.1) is 17.3 Å². The van der Waals surface area contributed by atoms with Crippen molar-refractivity contribution >= 4 is 11.8 Å². The van der Waals surface area contributed by atoms with E-state index in [-0.39, 0.29) is 23.2 Å². The molecule has 6 nitrogen and oxygen atoms in total. The number of ether oxygens (including phenoxy) is 2. The number of nitrogens with one attached hydrogen (secondary N) is 2. The third-order valence-corrected chi connectivity index (χ3v) is 4.89. The Bertz CT molecular complexity index is 736. The molecule has 148 valence electrons. The molecule has 0 aliphatic heterocycles. The second kappa shape index (κ2) is 8.46. The van der Waals surface area contributed by atoms with E-state index < -0.39 is 5.91 Å². The summed E-state index contributed by atoms with van der Waals surface area (Å²) in [5, 5.41) is 0. The largest absolute Gasteiger partial charge is 0.493 e. The lowest BCUT2D eigenvalue weighted by Crippen LogP contribution is -2.43. The Labute approximate surface area is 161 Å². The van der Waals surface area contributed by atoms with Crippen LogP contribution in [0.15, 0.2) is 29.8 Å². The molecule has 0 spiro atoms. The van der Waals surface area contributed by atoms with Gasteiger partial charge in [0.1, 0.15) is 0 Å². The van der Waals surface area contributed by atoms with Crippen molar-refractivity contribution in [3.63, 3.8) is 0 Å². The summed E-state index contributed by atoms with van der Waals surface area (Å²) >= 11 is 0. The van der Waals surface area contributed by atoms with Gasteiger partial charge in [-0.2, -0.15) is 0 Å². The third kappa shape index (κ3) is 4.81. The Hall–Kier alpha value is -2.50. The van der Waals surface area contributed by atoms with E-state index in [0.29, 0.717) is 23.7 Å². The van der Waals surface area contributed by atoms with Crippen LogP contribution in [-0.4, -0.2) is 25.5 Å². The minimum absolute atomic E-state index is 0.104. The zero-order valence-corrected chi connectivity index (χ0v) is 17.0. The Kier molecular flexibility index (Phi) is 6.52. The van der Waals surface area contributed by atoms with Crippen LogP contribution in [0.4, 0.5) is 0 Å². The number of hydrogen-bond acceptors (Lipinski definition) is 4. The van der Waals surface area contributed by atoms with Gasteiger partial charge in [0.2, 0.25) is 5.91 Å². The number of allylic oxidation sites excluding steroid dienone is 2. The van der Waals surface area contributed by atoms with Crippen molar-refractivity contribution in [3.05, 3.63) is 35.4 Å². The predicted octanol–water partition coefficient (Wildman–Crippen LogP) is 3.48. The van der Waals surface area contributed by atoms with Gasteiger partial charge in [-0.05, 0) is 49.8 Å². The first-order valence-electron chi connectivity index (χ1n) is 9.28. The number of benzene rings is 1. The number of hydrogen-bond donors (Lipinski definition) is 2. The second-order valence-corrected chi connectivity index (χ2v) is 7.73. The van der Waals surface area contributed by atoms with Gasteiger partial charge < -0.3 is 9.47 Å². The maximum absolute atomic E-state index is 12.4. The molecule has 0 aromatic heterocycles. The van der Waals surface area contributed by atoms with Crippen molar-refractivity contribution in [2.45, 2.75) is 41.0 Å². The summed E-state index contributed by atoms with van der Waals surface area (Å²) in [6.07, 6.45) is 2.99. The molecule has 27 heavy (non-hydrogen) atoms. The van der Waals surface area contributed by atoms with E-state index in [1.54, 1.807) is 18.2 Å². The van der Waals surface area contributed by atoms with Crippen LogP contribution in [0.2, 0.25) is 0 Å². The topological polar surface area (TPSA) is 76.7 Å². The van der Waals surface area contributed by atoms with Gasteiger partial charge in [0.25, 0.3) is 5.91 Å². The van der Waals surface area contributed by atoms with Gasteiger partial charge in [0.15, 0.2) is 11.5 Å². The number of methoxy groups -OCH3 is 1. The lowest BCUT2D eigenvalue weighted by molar-refractivity contribution is -0.123. The normalized spacial score (nSPS) is 19.6. The van der Waals surface area contributed by atoms with E-state index in [2.05, 4.69) is 30.8 Å². The van der Waals surface area contributed by atoms with Gasteiger partial charge in [-0.1, -0.05) is 32.4 Å². The van der Waals surface area contributed by atoms with E-state index in [1.807, 2.05) is 20.8 Å². The smallest absolute Gasteiger partial charge is 0.269 e. The second-order valence-electron chi connectivity index (χ2n) is 7.73. The highest BCUT2D eigenvalue weighted by atomic mass is 16.5. The molecule has 1 aliphatic carbocycles. The summed E-state index contributed by atoms with van der Waals surface area (Å²) in [4.78, 5) is 24.8. The van der Waals surface area contributed by atoms with Crippen LogP contribution >= 0.6 is 0 Å². The molecule has 1 fully saturated rings. The summed E-state index contributed by atoms with van der Waals surface area (Å²) in [6.45, 7) is 10.7. The molecule has 0 radical (unpaired) electrons. The zero-order valence-electron chi connectivity index (χ0n) is 17.0. The molecule has 0 bridgehead atoms. The first-order chi connectivity index (χ1) is 12.7. The molecule has 1 aromatic carbocycles. The molecule has 0 heterocycles. The van der Waals surface area contributed by atoms with E-state index in [9.17, 15) is 9.59 Å². The molecule has 6 heteroatoms. The Morgan fingerprint density at radius 1 is 1.19 bits per heavy atom. The molecule has 0 saturated heterocycles. The fraction of sp³-hybridized carbons (Fsp3) is 0.524. The summed E-state index contributed by atoms with van der Waals surface area (Å²) in [5.74, 6) is 0.534. The maximum atomic E-state index is 12.4. The van der Waals surface area contributed by atoms with Crippen molar-refractivity contribution in [2.75, 3.05) is 13.7 Å². The van der Waals surface area contributed by atoms with Gasteiger partial charge >= 0.3 is 0 Å². The van der Waals surface area contributed by atoms with Crippen molar-refractivity contribution in [1.82, 2.24) is 10.9 Å². The Balaban J connectivity index is 1.98. The van der Waals surface area contributed by atoms with Crippen molar-refractivity contribution in [1.29, 1.82) is 0 Å². The molecule has 1 saturated carbocycles. The Morgan fingerprint density at radius 2 is 1.89 bits per heavy atom. The van der Waals surface area contributed by atoms with Crippen LogP contribution in [0.1, 0.15) is 51.4 Å². The summed E-state index contributed by atoms with van der Waals surface area (Å²) in [6, 6.07) is 4.93. The lowest BCUT2D eigenvalue weighted by atomic mass is 10.1. The van der Waals surface area contributed by atoms with Crippen LogP contribution in [-0.2, 0) is 4.79 Å². The molecular weight excluding hydrogens is 344 g/mol. The number of carbonyl (C=O) groups is 2. The van der Waals surface area contributed by atoms with Crippen LogP contribution in [0.5, 0.6) is 11.5 Å². The minimum atomic E-state index is -0.402. The fourth-order valence-corrected chi connectivity index (χ4v) is 3.26. The SMILES string of the molecule is CCCOc1ccc(C(=O)NNC(=O)C2C(C=C(C)C)C2(C)C)cc1OC. The summed E-state index contributed by atoms with van der Waals surface area (Å²) < 4.78 is 10.9. The van der Waals surface area contributed by atoms with Gasteiger partial charge in [-0.15, -0.1) is 0 Å². The van der Waals surface area contributed by atoms with E-state index in [0.717, 1.165) is 6.42 Å². The molecule has 2 N–H and O–H groups in total. The molecule has 2 atom stereocenters. The number of rotatable bonds is 7. The van der Waals surface area contributed by atoms with Crippen LogP contribution in [0.3, 0.4) is 0 Å². The molecular formula is C21H30N2O4. The minimum Gasteiger partial charge on any atom is -0.493 e. The third-order valence-electron chi connectivity index (χ3n) is 4.89. The highest BCUT2D eigenvalue weighted by Crippen LogP contribution is 2.59. The van der Waals surface area contributed by atoms with E-state index in [4.69, 9.17) is 9.47 Å². The van der Waals surface area contributed by atoms with Gasteiger partial charge in [0, 0.05) is 5.56 Å². The monoisotopic (exact) mass is 374 g/mol. The summed E-state index contributed by atoms with van der Waals surface area (Å²) in [5.41, 5.74) is 6.50. The lowest BCUT2D eigenvalue weighted by Gasteiger charge is -2.12. The Morgan fingerprint density at radius 3 is 2.48 bits per heavy atom. The van der Waals surface area contributed by atoms with Gasteiger partial charge in [0.05, 0.1) is 19.6 Å². The fourth-order valence-electron chi connectivity index (χ4n) is 3.26. The average molecular weight is 374 g/mol. The zero-order chi connectivity index (χ0) is 20.2. The van der Waals surface area contributed by atoms with E-state index >= 15 is 0 Å². The molecule has 2 unspecified atom stereocenters. The predicted molar refractivity (Wildman–Crippen MR) is 105 cm³/mol. The van der Waals surface area contributed by atoms with Crippen molar-refractivity contribution in [2.24, 2.45) is 17.3 Å². The van der Waals surface area contributed by atoms with Crippen molar-refractivity contribution < 1.29 is 19.1 Å². The van der Waals surface area contributed by atoms with Crippen LogP contribution < -0.4 is 20.3 Å². The molecule has 1 aliphatic rings. The highest BCUT2D eigenvalue weighted by molar-refractivity contribution is 5.96. The standard InChI is InChI=1S/C21H30N2O4/c1-7-10-27-16-9-8-14(12-17(16)26-6)19(24)22-23-20(25)18-15(11-13(2)3)21(18,4)5/h8-9,11-12,15,18H,7,10H2,1-6H3,(H,22,24)(H,23,25). The van der Waals surface area contributed by atoms with E-state index in [1.165, 1.54) is 12.7 Å². The van der Waals surface area contributed by atoms with Gasteiger partial charge in [-0.25, -0.2) is 0 Å². The molecule has 2 amide bonds. The van der Waals surface area contributed by atoms with Crippen LogP contribution in [0.25, 0.3) is 0 Å². The average Bonchev–Trinajstić information content (AvgIpc) is 3.16. The highest BCUT2D eigenvalue weighted by Gasteiger charge is 2.60. The van der Waals surface area contributed by atoms with Crippen molar-refractivity contribution in [3.8, 4) is 11.5 Å². The van der Waals surface area contributed by atoms with Gasteiger partial charge in [-0.3, -0.25) is 20.4 Å². The first kappa shape index (κ1) is 20.8. The number of amides is 2. The number of hydrazine groups is 1. The summed E-state index contributed by atoms with van der Waals surface area (Å²) in [7, 11) is 1.52. The number of carbonyl (C=O) groups excluding carboxylic acids is 2. The quantitative estimate of drug-likeness (QED) is 0.566. The maximum Gasteiger partial charge on any atom is 0.269 e.